The van der Waals surface area contributed by atoms with Crippen molar-refractivity contribution in [2.75, 3.05) is 13.1 Å². The molecule has 0 saturated carbocycles. The Morgan fingerprint density at radius 2 is 2.22 bits per heavy atom. The van der Waals surface area contributed by atoms with Gasteiger partial charge >= 0.3 is 5.97 Å². The van der Waals surface area contributed by atoms with E-state index in [9.17, 15) is 9.90 Å². The highest BCUT2D eigenvalue weighted by Gasteiger charge is 2.48. The second kappa shape index (κ2) is 5.38. The number of para-hydroxylation sites is 1. The molecule has 1 fully saturated rings. The standard InChI is InChI=1S/C19H24N2O2/c1-2-19(12-16(22)23)9-5-10-21-11-8-14-13-6-3-4-7-15(13)20-17(14)18(19)21/h3-4,6-7,18,20H,2,5,8-12H2,1H3,(H,22,23)/t18-,19-/m1/s1. The zero-order chi connectivity index (χ0) is 16.0. The third-order valence-corrected chi connectivity index (χ3v) is 6.04. The lowest BCUT2D eigenvalue weighted by molar-refractivity contribution is -0.143. The smallest absolute Gasteiger partial charge is 0.303 e. The molecule has 4 heteroatoms. The van der Waals surface area contributed by atoms with Crippen LogP contribution in [0.2, 0.25) is 0 Å². The van der Waals surface area contributed by atoms with Gasteiger partial charge in [-0.05, 0) is 43.9 Å². The Hall–Kier alpha value is -1.81. The third-order valence-electron chi connectivity index (χ3n) is 6.04. The summed E-state index contributed by atoms with van der Waals surface area (Å²) in [5.74, 6) is -0.670. The summed E-state index contributed by atoms with van der Waals surface area (Å²) in [6.07, 6.45) is 4.34. The second-order valence-corrected chi connectivity index (χ2v) is 7.14. The van der Waals surface area contributed by atoms with E-state index in [1.54, 1.807) is 0 Å². The van der Waals surface area contributed by atoms with E-state index in [0.717, 1.165) is 38.8 Å². The van der Waals surface area contributed by atoms with Gasteiger partial charge in [-0.3, -0.25) is 9.69 Å². The van der Waals surface area contributed by atoms with Gasteiger partial charge in [0.1, 0.15) is 0 Å². The first kappa shape index (κ1) is 14.8. The molecule has 1 saturated heterocycles. The maximum atomic E-state index is 11.6. The molecule has 1 aromatic heterocycles. The Morgan fingerprint density at radius 3 is 3.00 bits per heavy atom. The summed E-state index contributed by atoms with van der Waals surface area (Å²) in [5, 5.41) is 10.8. The van der Waals surface area contributed by atoms with E-state index in [4.69, 9.17) is 0 Å². The molecule has 0 bridgehead atoms. The van der Waals surface area contributed by atoms with Gasteiger partial charge in [-0.2, -0.15) is 0 Å². The summed E-state index contributed by atoms with van der Waals surface area (Å²) in [6.45, 7) is 4.28. The van der Waals surface area contributed by atoms with Crippen LogP contribution in [0.3, 0.4) is 0 Å². The van der Waals surface area contributed by atoms with Crippen molar-refractivity contribution < 1.29 is 9.90 Å². The number of aromatic nitrogens is 1. The largest absolute Gasteiger partial charge is 0.481 e. The highest BCUT2D eigenvalue weighted by Crippen LogP contribution is 2.53. The van der Waals surface area contributed by atoms with Crippen LogP contribution >= 0.6 is 0 Å². The topological polar surface area (TPSA) is 56.3 Å². The summed E-state index contributed by atoms with van der Waals surface area (Å²) in [4.78, 5) is 17.7. The highest BCUT2D eigenvalue weighted by atomic mass is 16.4. The summed E-state index contributed by atoms with van der Waals surface area (Å²) in [5.41, 5.74) is 3.72. The molecule has 4 nitrogen and oxygen atoms in total. The Balaban J connectivity index is 1.88. The van der Waals surface area contributed by atoms with Crippen molar-refractivity contribution >= 4 is 16.9 Å². The fourth-order valence-electron chi connectivity index (χ4n) is 4.98. The van der Waals surface area contributed by atoms with Gasteiger partial charge in [0.25, 0.3) is 0 Å². The van der Waals surface area contributed by atoms with Crippen LogP contribution in [0.15, 0.2) is 24.3 Å². The summed E-state index contributed by atoms with van der Waals surface area (Å²) < 4.78 is 0. The molecule has 0 amide bonds. The minimum Gasteiger partial charge on any atom is -0.481 e. The zero-order valence-corrected chi connectivity index (χ0v) is 13.6. The van der Waals surface area contributed by atoms with Crippen LogP contribution in [0.4, 0.5) is 0 Å². The molecule has 0 radical (unpaired) electrons. The van der Waals surface area contributed by atoms with Crippen molar-refractivity contribution in [3.63, 3.8) is 0 Å². The molecule has 0 spiro atoms. The van der Waals surface area contributed by atoms with Gasteiger partial charge in [0.05, 0.1) is 12.5 Å². The molecule has 4 rings (SSSR count). The van der Waals surface area contributed by atoms with E-state index in [1.807, 2.05) is 0 Å². The average Bonchev–Trinajstić information content (AvgIpc) is 2.92. The Labute approximate surface area is 136 Å². The molecule has 0 unspecified atom stereocenters. The van der Waals surface area contributed by atoms with Crippen LogP contribution in [0, 0.1) is 5.41 Å². The first-order chi connectivity index (χ1) is 11.1. The number of hydrogen-bond acceptors (Lipinski definition) is 2. The van der Waals surface area contributed by atoms with Gasteiger partial charge in [0.15, 0.2) is 0 Å². The van der Waals surface area contributed by atoms with Crippen LogP contribution in [0.1, 0.15) is 49.9 Å². The number of hydrogen-bond donors (Lipinski definition) is 2. The van der Waals surface area contributed by atoms with Gasteiger partial charge in [0.2, 0.25) is 0 Å². The molecular weight excluding hydrogens is 288 g/mol. The molecule has 0 aliphatic carbocycles. The van der Waals surface area contributed by atoms with E-state index in [0.29, 0.717) is 0 Å². The number of aromatic amines is 1. The lowest BCUT2D eigenvalue weighted by Gasteiger charge is -2.51. The maximum absolute atomic E-state index is 11.6. The number of rotatable bonds is 3. The Morgan fingerprint density at radius 1 is 1.39 bits per heavy atom. The number of H-pyrrole nitrogens is 1. The quantitative estimate of drug-likeness (QED) is 0.908. The van der Waals surface area contributed by atoms with Crippen LogP contribution in [0.5, 0.6) is 0 Å². The molecule has 2 aliphatic rings. The lowest BCUT2D eigenvalue weighted by atomic mass is 9.66. The monoisotopic (exact) mass is 312 g/mol. The fourth-order valence-corrected chi connectivity index (χ4v) is 4.98. The van der Waals surface area contributed by atoms with Crippen molar-refractivity contribution in [1.82, 2.24) is 9.88 Å². The van der Waals surface area contributed by atoms with Crippen molar-refractivity contribution in [1.29, 1.82) is 0 Å². The predicted molar refractivity (Wildman–Crippen MR) is 90.5 cm³/mol. The van der Waals surface area contributed by atoms with Crippen molar-refractivity contribution in [2.24, 2.45) is 5.41 Å². The van der Waals surface area contributed by atoms with Gasteiger partial charge < -0.3 is 10.1 Å². The molecule has 3 heterocycles. The molecule has 2 atom stereocenters. The molecule has 122 valence electrons. The maximum Gasteiger partial charge on any atom is 0.303 e. The summed E-state index contributed by atoms with van der Waals surface area (Å²) >= 11 is 0. The summed E-state index contributed by atoms with van der Waals surface area (Å²) in [6, 6.07) is 8.69. The van der Waals surface area contributed by atoms with Gasteiger partial charge in [-0.1, -0.05) is 25.1 Å². The van der Waals surface area contributed by atoms with E-state index in [2.05, 4.69) is 41.1 Å². The normalized spacial score (nSPS) is 27.6. The molecule has 2 aliphatic heterocycles. The molecule has 1 aromatic carbocycles. The van der Waals surface area contributed by atoms with E-state index in [1.165, 1.54) is 22.2 Å². The number of carbonyl (C=O) groups is 1. The minimum absolute atomic E-state index is 0.153. The molecule has 2 N–H and O–H groups in total. The highest BCUT2D eigenvalue weighted by molar-refractivity contribution is 5.85. The Bertz CT molecular complexity index is 751. The summed E-state index contributed by atoms with van der Waals surface area (Å²) in [7, 11) is 0. The van der Waals surface area contributed by atoms with Crippen LogP contribution in [-0.4, -0.2) is 34.0 Å². The van der Waals surface area contributed by atoms with Gasteiger partial charge in [0, 0.05) is 28.6 Å². The number of nitrogens with one attached hydrogen (secondary N) is 1. The van der Waals surface area contributed by atoms with E-state index >= 15 is 0 Å². The molecule has 23 heavy (non-hydrogen) atoms. The van der Waals surface area contributed by atoms with Gasteiger partial charge in [-0.15, -0.1) is 0 Å². The lowest BCUT2D eigenvalue weighted by Crippen LogP contribution is -2.50. The van der Waals surface area contributed by atoms with Crippen LogP contribution in [0.25, 0.3) is 10.9 Å². The second-order valence-electron chi connectivity index (χ2n) is 7.14. The number of benzene rings is 1. The van der Waals surface area contributed by atoms with Crippen molar-refractivity contribution in [3.05, 3.63) is 35.5 Å². The van der Waals surface area contributed by atoms with E-state index in [-0.39, 0.29) is 17.9 Å². The predicted octanol–water partition coefficient (Wildman–Crippen LogP) is 3.73. The first-order valence-electron chi connectivity index (χ1n) is 8.70. The van der Waals surface area contributed by atoms with Crippen molar-refractivity contribution in [2.45, 2.75) is 45.1 Å². The number of nitrogens with zero attached hydrogens (tertiary/aromatic N) is 1. The molecule has 2 aromatic rings. The zero-order valence-electron chi connectivity index (χ0n) is 13.6. The number of aliphatic carboxylic acids is 1. The van der Waals surface area contributed by atoms with E-state index < -0.39 is 5.97 Å². The number of fused-ring (bicyclic) bond motifs is 5. The Kier molecular flexibility index (Phi) is 3.45. The van der Waals surface area contributed by atoms with Crippen LogP contribution < -0.4 is 0 Å². The number of carboxylic acids is 1. The van der Waals surface area contributed by atoms with Crippen molar-refractivity contribution in [3.8, 4) is 0 Å². The average molecular weight is 312 g/mol. The minimum atomic E-state index is -0.670. The van der Waals surface area contributed by atoms with Crippen LogP contribution in [-0.2, 0) is 11.2 Å². The van der Waals surface area contributed by atoms with Gasteiger partial charge in [-0.25, -0.2) is 0 Å². The molecular formula is C19H24N2O2. The first-order valence-corrected chi connectivity index (χ1v) is 8.70. The third kappa shape index (κ3) is 2.19. The number of carboxylic acid groups (broad SMARTS) is 1. The number of piperidine rings is 1. The SMILES string of the molecule is CC[C@]1(CC(=O)O)CCCN2CCc3c([nH]c4ccccc34)[C@@H]21. The fraction of sp³-hybridized carbons (Fsp3) is 0.526.